The van der Waals surface area contributed by atoms with Crippen LogP contribution in [-0.2, 0) is 11.3 Å². The van der Waals surface area contributed by atoms with Crippen LogP contribution in [0.2, 0.25) is 0 Å². The van der Waals surface area contributed by atoms with E-state index in [9.17, 15) is 0 Å². The Morgan fingerprint density at radius 3 is 2.65 bits per heavy atom. The summed E-state index contributed by atoms with van der Waals surface area (Å²) in [5, 5.41) is 0. The second-order valence-electron chi connectivity index (χ2n) is 9.00. The minimum Gasteiger partial charge on any atom is -0.486 e. The van der Waals surface area contributed by atoms with Gasteiger partial charge in [-0.15, -0.1) is 0 Å². The molecule has 2 aliphatic heterocycles. The molecule has 1 aromatic carbocycles. The van der Waals surface area contributed by atoms with Crippen LogP contribution in [0.4, 0.5) is 0 Å². The molecule has 4 nitrogen and oxygen atoms in total. The van der Waals surface area contributed by atoms with Crippen molar-refractivity contribution < 1.29 is 9.47 Å². The molecular formula is C22H34N2O2. The predicted octanol–water partition coefficient (Wildman–Crippen LogP) is 3.41. The molecule has 0 aromatic heterocycles. The predicted molar refractivity (Wildman–Crippen MR) is 105 cm³/mol. The topological polar surface area (TPSA) is 24.9 Å². The molecule has 2 heterocycles. The van der Waals surface area contributed by atoms with E-state index in [4.69, 9.17) is 9.47 Å². The fraction of sp³-hybridized carbons (Fsp3) is 0.727. The van der Waals surface area contributed by atoms with Gasteiger partial charge >= 0.3 is 0 Å². The van der Waals surface area contributed by atoms with Crippen LogP contribution in [0.1, 0.15) is 37.7 Å². The van der Waals surface area contributed by atoms with Crippen molar-refractivity contribution in [3.63, 3.8) is 0 Å². The maximum absolute atomic E-state index is 6.75. The van der Waals surface area contributed by atoms with E-state index in [2.05, 4.69) is 48.2 Å². The highest BCUT2D eigenvalue weighted by atomic mass is 16.5. The van der Waals surface area contributed by atoms with Crippen molar-refractivity contribution in [2.45, 2.75) is 44.2 Å². The average Bonchev–Trinajstić information content (AvgIpc) is 3.06. The molecule has 1 aliphatic carbocycles. The standard InChI is InChI=1S/C22H34N2O2/c1-23(2)13-18-7-10-22(11-8-18)17-24(14-19-9-12-25-16-19)15-20-5-3-4-6-21(20)26-22/h3-6,18-19H,7-17H2,1-2H3. The zero-order valence-electron chi connectivity index (χ0n) is 16.5. The van der Waals surface area contributed by atoms with E-state index >= 15 is 0 Å². The van der Waals surface area contributed by atoms with Gasteiger partial charge in [-0.3, -0.25) is 4.90 Å². The summed E-state index contributed by atoms with van der Waals surface area (Å²) < 4.78 is 12.4. The summed E-state index contributed by atoms with van der Waals surface area (Å²) in [4.78, 5) is 4.98. The van der Waals surface area contributed by atoms with Gasteiger partial charge in [-0.1, -0.05) is 18.2 Å². The lowest BCUT2D eigenvalue weighted by Crippen LogP contribution is -2.49. The second kappa shape index (κ2) is 7.87. The number of para-hydroxylation sites is 1. The number of nitrogens with zero attached hydrogens (tertiary/aromatic N) is 2. The van der Waals surface area contributed by atoms with Crippen LogP contribution in [0.15, 0.2) is 24.3 Å². The molecule has 4 rings (SSSR count). The van der Waals surface area contributed by atoms with Gasteiger partial charge in [-0.25, -0.2) is 0 Å². The zero-order chi connectivity index (χ0) is 18.0. The van der Waals surface area contributed by atoms with Gasteiger partial charge in [-0.05, 0) is 64.1 Å². The lowest BCUT2D eigenvalue weighted by Gasteiger charge is -2.42. The van der Waals surface area contributed by atoms with Gasteiger partial charge in [0, 0.05) is 38.3 Å². The Hall–Kier alpha value is -1.10. The monoisotopic (exact) mass is 358 g/mol. The Bertz CT molecular complexity index is 590. The SMILES string of the molecule is CN(C)CC1CCC2(CC1)CN(CC1CCOC1)Cc1ccccc1O2. The molecule has 0 N–H and O–H groups in total. The van der Waals surface area contributed by atoms with Gasteiger partial charge in [-0.2, -0.15) is 0 Å². The molecule has 1 saturated carbocycles. The highest BCUT2D eigenvalue weighted by Gasteiger charge is 2.41. The molecule has 1 aromatic rings. The number of fused-ring (bicyclic) bond motifs is 1. The summed E-state index contributed by atoms with van der Waals surface area (Å²) in [6.07, 6.45) is 6.12. The third kappa shape index (κ3) is 4.24. The second-order valence-corrected chi connectivity index (χ2v) is 9.00. The first kappa shape index (κ1) is 18.3. The smallest absolute Gasteiger partial charge is 0.124 e. The Kier molecular flexibility index (Phi) is 5.53. The van der Waals surface area contributed by atoms with E-state index < -0.39 is 0 Å². The number of rotatable bonds is 4. The van der Waals surface area contributed by atoms with Crippen molar-refractivity contribution in [1.82, 2.24) is 9.80 Å². The number of ether oxygens (including phenoxy) is 2. The molecule has 1 saturated heterocycles. The molecule has 0 radical (unpaired) electrons. The van der Waals surface area contributed by atoms with Crippen LogP contribution in [0.3, 0.4) is 0 Å². The largest absolute Gasteiger partial charge is 0.486 e. The highest BCUT2D eigenvalue weighted by molar-refractivity contribution is 5.35. The quantitative estimate of drug-likeness (QED) is 0.823. The number of hydrogen-bond acceptors (Lipinski definition) is 4. The average molecular weight is 359 g/mol. The maximum Gasteiger partial charge on any atom is 0.124 e. The lowest BCUT2D eigenvalue weighted by molar-refractivity contribution is -0.0128. The normalized spacial score (nSPS) is 32.4. The van der Waals surface area contributed by atoms with Crippen molar-refractivity contribution in [2.24, 2.45) is 11.8 Å². The zero-order valence-corrected chi connectivity index (χ0v) is 16.5. The molecule has 1 atom stereocenters. The van der Waals surface area contributed by atoms with Gasteiger partial charge in [0.2, 0.25) is 0 Å². The van der Waals surface area contributed by atoms with Gasteiger partial charge in [0.15, 0.2) is 0 Å². The Balaban J connectivity index is 1.50. The summed E-state index contributed by atoms with van der Waals surface area (Å²) in [6, 6.07) is 8.67. The van der Waals surface area contributed by atoms with Gasteiger partial charge in [0.05, 0.1) is 6.61 Å². The minimum absolute atomic E-state index is 0.00508. The summed E-state index contributed by atoms with van der Waals surface area (Å²) in [7, 11) is 4.38. The Morgan fingerprint density at radius 1 is 1.12 bits per heavy atom. The van der Waals surface area contributed by atoms with Crippen LogP contribution in [0.25, 0.3) is 0 Å². The van der Waals surface area contributed by atoms with Crippen LogP contribution in [0.5, 0.6) is 5.75 Å². The lowest BCUT2D eigenvalue weighted by atomic mass is 9.78. The summed E-state index contributed by atoms with van der Waals surface area (Å²) >= 11 is 0. The number of benzene rings is 1. The van der Waals surface area contributed by atoms with Gasteiger partial charge in [0.1, 0.15) is 11.4 Å². The summed E-state index contributed by atoms with van der Waals surface area (Å²) in [5.41, 5.74) is 1.34. The van der Waals surface area contributed by atoms with Gasteiger partial charge < -0.3 is 14.4 Å². The Labute approximate surface area is 158 Å². The third-order valence-electron chi connectivity index (χ3n) is 6.38. The minimum atomic E-state index is -0.00508. The van der Waals surface area contributed by atoms with E-state index in [-0.39, 0.29) is 5.60 Å². The van der Waals surface area contributed by atoms with E-state index in [1.54, 1.807) is 0 Å². The van der Waals surface area contributed by atoms with Gasteiger partial charge in [0.25, 0.3) is 0 Å². The molecular weight excluding hydrogens is 324 g/mol. The van der Waals surface area contributed by atoms with E-state index in [1.807, 2.05) is 0 Å². The summed E-state index contributed by atoms with van der Waals surface area (Å²) in [6.45, 7) is 6.28. The highest BCUT2D eigenvalue weighted by Crippen LogP contribution is 2.40. The molecule has 0 amide bonds. The van der Waals surface area contributed by atoms with E-state index in [1.165, 1.54) is 44.2 Å². The van der Waals surface area contributed by atoms with Crippen LogP contribution in [0, 0.1) is 11.8 Å². The molecule has 4 heteroatoms. The molecule has 1 spiro atoms. The van der Waals surface area contributed by atoms with Crippen LogP contribution >= 0.6 is 0 Å². The van der Waals surface area contributed by atoms with Crippen molar-refractivity contribution >= 4 is 0 Å². The first-order valence-corrected chi connectivity index (χ1v) is 10.3. The Morgan fingerprint density at radius 2 is 1.92 bits per heavy atom. The first-order valence-electron chi connectivity index (χ1n) is 10.3. The number of hydrogen-bond donors (Lipinski definition) is 0. The van der Waals surface area contributed by atoms with Crippen LogP contribution < -0.4 is 4.74 Å². The van der Waals surface area contributed by atoms with Crippen LogP contribution in [-0.4, -0.2) is 62.3 Å². The molecule has 0 bridgehead atoms. The third-order valence-corrected chi connectivity index (χ3v) is 6.38. The molecule has 3 aliphatic rings. The first-order chi connectivity index (χ1) is 12.6. The fourth-order valence-electron chi connectivity index (χ4n) is 5.09. The fourth-order valence-corrected chi connectivity index (χ4v) is 5.09. The maximum atomic E-state index is 6.75. The van der Waals surface area contributed by atoms with Crippen molar-refractivity contribution in [1.29, 1.82) is 0 Å². The molecule has 26 heavy (non-hydrogen) atoms. The van der Waals surface area contributed by atoms with Crippen molar-refractivity contribution in [2.75, 3.05) is 46.9 Å². The molecule has 144 valence electrons. The molecule has 1 unspecified atom stereocenters. The van der Waals surface area contributed by atoms with Crippen molar-refractivity contribution in [3.8, 4) is 5.75 Å². The van der Waals surface area contributed by atoms with Crippen molar-refractivity contribution in [3.05, 3.63) is 29.8 Å². The van der Waals surface area contributed by atoms with E-state index in [0.717, 1.165) is 44.5 Å². The summed E-state index contributed by atoms with van der Waals surface area (Å²) in [5.74, 6) is 2.61. The molecule has 2 fully saturated rings. The van der Waals surface area contributed by atoms with E-state index in [0.29, 0.717) is 5.92 Å².